The van der Waals surface area contributed by atoms with Crippen molar-refractivity contribution in [2.24, 2.45) is 0 Å². The number of carbonyl (C=O) groups is 4. The molecule has 0 bridgehead atoms. The molecular formula is C27H25FN2O5. The van der Waals surface area contributed by atoms with Crippen LogP contribution in [0.25, 0.3) is 0 Å². The van der Waals surface area contributed by atoms with E-state index in [4.69, 9.17) is 4.74 Å². The van der Waals surface area contributed by atoms with Gasteiger partial charge in [-0.2, -0.15) is 0 Å². The Labute approximate surface area is 202 Å². The van der Waals surface area contributed by atoms with E-state index < -0.39 is 24.3 Å². The van der Waals surface area contributed by atoms with Crippen LogP contribution in [0.15, 0.2) is 72.8 Å². The quantitative estimate of drug-likeness (QED) is 0.337. The zero-order valence-corrected chi connectivity index (χ0v) is 19.2. The summed E-state index contributed by atoms with van der Waals surface area (Å²) in [7, 11) is 0. The second-order valence-electron chi connectivity index (χ2n) is 7.85. The van der Waals surface area contributed by atoms with E-state index in [0.717, 1.165) is 23.3 Å². The molecule has 2 amide bonds. The zero-order valence-electron chi connectivity index (χ0n) is 19.2. The summed E-state index contributed by atoms with van der Waals surface area (Å²) in [6.45, 7) is 1.74. The van der Waals surface area contributed by atoms with Crippen molar-refractivity contribution in [3.8, 4) is 0 Å². The van der Waals surface area contributed by atoms with Crippen molar-refractivity contribution < 1.29 is 28.3 Å². The molecule has 35 heavy (non-hydrogen) atoms. The first-order chi connectivity index (χ1) is 16.8. The van der Waals surface area contributed by atoms with Crippen molar-refractivity contribution in [1.29, 1.82) is 0 Å². The fourth-order valence-corrected chi connectivity index (χ4v) is 3.17. The third kappa shape index (κ3) is 7.89. The van der Waals surface area contributed by atoms with Gasteiger partial charge in [0.1, 0.15) is 5.82 Å². The van der Waals surface area contributed by atoms with Crippen LogP contribution in [-0.4, -0.2) is 30.2 Å². The van der Waals surface area contributed by atoms with E-state index in [2.05, 4.69) is 10.6 Å². The Balaban J connectivity index is 1.46. The molecule has 0 saturated heterocycles. The Kier molecular flexibility index (Phi) is 8.83. The van der Waals surface area contributed by atoms with E-state index in [1.807, 2.05) is 31.2 Å². The standard InChI is InChI=1S/C27H25FN2O5/c1-18-6-8-19(9-7-18)16-29-27(34)22-4-2-3-5-23(22)30-25(32)17-35-26(33)15-14-24(31)20-10-12-21(28)13-11-20/h2-13H,14-17H2,1H3,(H,29,34)(H,30,32). The lowest BCUT2D eigenvalue weighted by Gasteiger charge is -2.12. The van der Waals surface area contributed by atoms with Gasteiger partial charge in [-0.25, -0.2) is 4.39 Å². The van der Waals surface area contributed by atoms with Gasteiger partial charge in [-0.15, -0.1) is 0 Å². The van der Waals surface area contributed by atoms with Crippen LogP contribution < -0.4 is 10.6 Å². The van der Waals surface area contributed by atoms with Gasteiger partial charge in [0, 0.05) is 18.5 Å². The van der Waals surface area contributed by atoms with E-state index in [1.165, 1.54) is 12.1 Å². The maximum absolute atomic E-state index is 12.9. The molecular weight excluding hydrogens is 451 g/mol. The number of para-hydroxylation sites is 1. The Morgan fingerprint density at radius 1 is 0.857 bits per heavy atom. The minimum absolute atomic E-state index is 0.129. The van der Waals surface area contributed by atoms with Gasteiger partial charge in [-0.3, -0.25) is 19.2 Å². The Bertz CT molecular complexity index is 1210. The Morgan fingerprint density at radius 3 is 2.26 bits per heavy atom. The molecule has 180 valence electrons. The Hall–Kier alpha value is -4.33. The van der Waals surface area contributed by atoms with Gasteiger partial charge in [0.15, 0.2) is 12.4 Å². The number of ketones is 1. The number of ether oxygens (including phenoxy) is 1. The smallest absolute Gasteiger partial charge is 0.306 e. The predicted molar refractivity (Wildman–Crippen MR) is 128 cm³/mol. The summed E-state index contributed by atoms with van der Waals surface area (Å²) in [5.41, 5.74) is 2.89. The lowest BCUT2D eigenvalue weighted by molar-refractivity contribution is -0.147. The van der Waals surface area contributed by atoms with Crippen LogP contribution in [0.2, 0.25) is 0 Å². The highest BCUT2D eigenvalue weighted by molar-refractivity contribution is 6.04. The second kappa shape index (κ2) is 12.2. The number of nitrogens with one attached hydrogen (secondary N) is 2. The molecule has 0 heterocycles. The van der Waals surface area contributed by atoms with E-state index >= 15 is 0 Å². The minimum atomic E-state index is -0.722. The predicted octanol–water partition coefficient (Wildman–Crippen LogP) is 4.21. The van der Waals surface area contributed by atoms with Crippen molar-refractivity contribution in [2.45, 2.75) is 26.3 Å². The van der Waals surface area contributed by atoms with Gasteiger partial charge in [-0.1, -0.05) is 42.0 Å². The first-order valence-corrected chi connectivity index (χ1v) is 11.0. The number of hydrogen-bond donors (Lipinski definition) is 2. The van der Waals surface area contributed by atoms with Crippen molar-refractivity contribution in [2.75, 3.05) is 11.9 Å². The van der Waals surface area contributed by atoms with Crippen LogP contribution in [0.4, 0.5) is 10.1 Å². The molecule has 0 spiro atoms. The highest BCUT2D eigenvalue weighted by Crippen LogP contribution is 2.15. The summed E-state index contributed by atoms with van der Waals surface area (Å²) in [5.74, 6) is -2.51. The highest BCUT2D eigenvalue weighted by Gasteiger charge is 2.15. The van der Waals surface area contributed by atoms with Gasteiger partial charge < -0.3 is 15.4 Å². The fraction of sp³-hybridized carbons (Fsp3) is 0.185. The molecule has 0 aliphatic rings. The average Bonchev–Trinajstić information content (AvgIpc) is 2.86. The zero-order chi connectivity index (χ0) is 25.2. The van der Waals surface area contributed by atoms with Crippen molar-refractivity contribution in [3.63, 3.8) is 0 Å². The van der Waals surface area contributed by atoms with Crippen LogP contribution in [0.1, 0.15) is 44.7 Å². The largest absolute Gasteiger partial charge is 0.456 e. The van der Waals surface area contributed by atoms with Crippen LogP contribution in [0, 0.1) is 12.7 Å². The first-order valence-electron chi connectivity index (χ1n) is 11.0. The molecule has 0 aliphatic carbocycles. The van der Waals surface area contributed by atoms with Gasteiger partial charge in [-0.05, 0) is 48.9 Å². The van der Waals surface area contributed by atoms with Crippen LogP contribution in [0.5, 0.6) is 0 Å². The second-order valence-corrected chi connectivity index (χ2v) is 7.85. The highest BCUT2D eigenvalue weighted by atomic mass is 19.1. The number of anilines is 1. The lowest BCUT2D eigenvalue weighted by atomic mass is 10.1. The van der Waals surface area contributed by atoms with E-state index in [1.54, 1.807) is 24.3 Å². The number of halogens is 1. The van der Waals surface area contributed by atoms with Gasteiger partial charge in [0.05, 0.1) is 17.7 Å². The first kappa shape index (κ1) is 25.3. The van der Waals surface area contributed by atoms with E-state index in [0.29, 0.717) is 6.54 Å². The summed E-state index contributed by atoms with van der Waals surface area (Å²) >= 11 is 0. The molecule has 0 unspecified atom stereocenters. The molecule has 7 nitrogen and oxygen atoms in total. The number of rotatable bonds is 10. The maximum Gasteiger partial charge on any atom is 0.306 e. The SMILES string of the molecule is Cc1ccc(CNC(=O)c2ccccc2NC(=O)COC(=O)CCC(=O)c2ccc(F)cc2)cc1. The number of aryl methyl sites for hydroxylation is 1. The third-order valence-electron chi connectivity index (χ3n) is 5.11. The topological polar surface area (TPSA) is 102 Å². The molecule has 3 aromatic rings. The van der Waals surface area contributed by atoms with Crippen LogP contribution in [-0.2, 0) is 20.9 Å². The summed E-state index contributed by atoms with van der Waals surface area (Å²) < 4.78 is 17.9. The molecule has 0 fully saturated rings. The maximum atomic E-state index is 12.9. The number of Topliss-reactive ketones (excluding diaryl/α,β-unsaturated/α-hetero) is 1. The molecule has 0 saturated carbocycles. The van der Waals surface area contributed by atoms with Gasteiger partial charge >= 0.3 is 5.97 Å². The minimum Gasteiger partial charge on any atom is -0.456 e. The molecule has 3 rings (SSSR count). The summed E-state index contributed by atoms with van der Waals surface area (Å²) in [6.07, 6.45) is -0.350. The molecule has 8 heteroatoms. The Morgan fingerprint density at radius 2 is 1.54 bits per heavy atom. The van der Waals surface area contributed by atoms with Gasteiger partial charge in [0.2, 0.25) is 0 Å². The molecule has 2 N–H and O–H groups in total. The number of esters is 1. The molecule has 0 radical (unpaired) electrons. The molecule has 3 aromatic carbocycles. The molecule has 0 aromatic heterocycles. The van der Waals surface area contributed by atoms with Crippen LogP contribution >= 0.6 is 0 Å². The number of benzene rings is 3. The number of carbonyl (C=O) groups excluding carboxylic acids is 4. The van der Waals surface area contributed by atoms with Gasteiger partial charge in [0.25, 0.3) is 11.8 Å². The van der Waals surface area contributed by atoms with Crippen molar-refractivity contribution in [1.82, 2.24) is 5.32 Å². The number of hydrogen-bond acceptors (Lipinski definition) is 5. The van der Waals surface area contributed by atoms with E-state index in [9.17, 15) is 23.6 Å². The molecule has 0 atom stereocenters. The fourth-order valence-electron chi connectivity index (χ4n) is 3.17. The van der Waals surface area contributed by atoms with Crippen molar-refractivity contribution in [3.05, 3.63) is 101 Å². The summed E-state index contributed by atoms with van der Waals surface area (Å²) in [5, 5.41) is 5.38. The normalized spacial score (nSPS) is 10.3. The average molecular weight is 477 g/mol. The third-order valence-corrected chi connectivity index (χ3v) is 5.11. The molecule has 0 aliphatic heterocycles. The van der Waals surface area contributed by atoms with Crippen LogP contribution in [0.3, 0.4) is 0 Å². The van der Waals surface area contributed by atoms with E-state index in [-0.39, 0.29) is 41.3 Å². The lowest BCUT2D eigenvalue weighted by Crippen LogP contribution is -2.26. The summed E-state index contributed by atoms with van der Waals surface area (Å²) in [4.78, 5) is 48.9. The van der Waals surface area contributed by atoms with Crippen molar-refractivity contribution >= 4 is 29.3 Å². The summed E-state index contributed by atoms with van der Waals surface area (Å²) in [6, 6.07) is 19.2. The monoisotopic (exact) mass is 476 g/mol. The number of amides is 2.